The molecular weight excluding hydrogens is 254 g/mol. The van der Waals surface area contributed by atoms with Crippen molar-refractivity contribution in [2.45, 2.75) is 26.7 Å². The fraction of sp³-hybridized carbons (Fsp3) is 0.562. The highest BCUT2D eigenvalue weighted by molar-refractivity contribution is 5.87. The summed E-state index contributed by atoms with van der Waals surface area (Å²) in [6.45, 7) is 8.45. The number of rotatable bonds is 5. The molecule has 110 valence electrons. The van der Waals surface area contributed by atoms with Crippen molar-refractivity contribution in [1.29, 1.82) is 0 Å². The highest BCUT2D eigenvalue weighted by Crippen LogP contribution is 2.28. The Morgan fingerprint density at radius 2 is 2.05 bits per heavy atom. The summed E-state index contributed by atoms with van der Waals surface area (Å²) in [7, 11) is 0. The quantitative estimate of drug-likeness (QED) is 0.899. The summed E-state index contributed by atoms with van der Waals surface area (Å²) < 4.78 is 5.68. The maximum Gasteiger partial charge on any atom is 0.335 e. The molecule has 1 saturated heterocycles. The third-order valence-electron chi connectivity index (χ3n) is 3.76. The Kier molecular flexibility index (Phi) is 4.65. The van der Waals surface area contributed by atoms with Gasteiger partial charge in [0.25, 0.3) is 0 Å². The van der Waals surface area contributed by atoms with Gasteiger partial charge in [-0.05, 0) is 49.1 Å². The van der Waals surface area contributed by atoms with Crippen molar-refractivity contribution in [2.75, 3.05) is 26.2 Å². The van der Waals surface area contributed by atoms with Gasteiger partial charge in [-0.2, -0.15) is 0 Å². The summed E-state index contributed by atoms with van der Waals surface area (Å²) in [6, 6.07) is 6.57. The number of benzene rings is 1. The molecule has 1 aliphatic heterocycles. The molecule has 0 atom stereocenters. The standard InChI is InChI=1S/C16H23NO3/c1-16(2)8-3-9-17(12-16)10-11-20-14-6-4-13(5-7-14)15(18)19/h4-7H,3,8-12H2,1-2H3,(H,18,19). The minimum absolute atomic E-state index is 0.287. The summed E-state index contributed by atoms with van der Waals surface area (Å²) in [4.78, 5) is 13.2. The van der Waals surface area contributed by atoms with Crippen molar-refractivity contribution in [3.8, 4) is 5.75 Å². The zero-order valence-corrected chi connectivity index (χ0v) is 12.3. The lowest BCUT2D eigenvalue weighted by Crippen LogP contribution is -2.41. The van der Waals surface area contributed by atoms with Crippen LogP contribution in [-0.4, -0.2) is 42.2 Å². The van der Waals surface area contributed by atoms with Crippen molar-refractivity contribution in [1.82, 2.24) is 4.90 Å². The van der Waals surface area contributed by atoms with Crippen LogP contribution in [0.1, 0.15) is 37.0 Å². The van der Waals surface area contributed by atoms with Crippen LogP contribution in [0.5, 0.6) is 5.75 Å². The lowest BCUT2D eigenvalue weighted by Gasteiger charge is -2.37. The number of aromatic carboxylic acids is 1. The van der Waals surface area contributed by atoms with Crippen LogP contribution < -0.4 is 4.74 Å². The van der Waals surface area contributed by atoms with E-state index in [0.717, 1.165) is 25.4 Å². The minimum atomic E-state index is -0.910. The molecule has 1 fully saturated rings. The SMILES string of the molecule is CC1(C)CCCN(CCOc2ccc(C(=O)O)cc2)C1. The summed E-state index contributed by atoms with van der Waals surface area (Å²) in [6.07, 6.45) is 2.54. The number of hydrogen-bond donors (Lipinski definition) is 1. The van der Waals surface area contributed by atoms with Crippen LogP contribution in [0.3, 0.4) is 0 Å². The van der Waals surface area contributed by atoms with E-state index in [2.05, 4.69) is 18.7 Å². The average molecular weight is 277 g/mol. The lowest BCUT2D eigenvalue weighted by molar-refractivity contribution is 0.0697. The third-order valence-corrected chi connectivity index (χ3v) is 3.76. The third kappa shape index (κ3) is 4.23. The Labute approximate surface area is 120 Å². The molecule has 2 rings (SSSR count). The normalized spacial score (nSPS) is 18.7. The molecule has 1 aromatic rings. The van der Waals surface area contributed by atoms with E-state index >= 15 is 0 Å². The van der Waals surface area contributed by atoms with Crippen LogP contribution in [-0.2, 0) is 0 Å². The fourth-order valence-electron chi connectivity index (χ4n) is 2.72. The van der Waals surface area contributed by atoms with Gasteiger partial charge in [0.05, 0.1) is 5.56 Å². The van der Waals surface area contributed by atoms with Gasteiger partial charge in [-0.15, -0.1) is 0 Å². The summed E-state index contributed by atoms with van der Waals surface area (Å²) in [5, 5.41) is 8.82. The van der Waals surface area contributed by atoms with E-state index in [9.17, 15) is 4.79 Å². The van der Waals surface area contributed by atoms with Gasteiger partial charge in [-0.25, -0.2) is 4.79 Å². The van der Waals surface area contributed by atoms with E-state index in [0.29, 0.717) is 12.0 Å². The molecule has 4 heteroatoms. The first-order valence-corrected chi connectivity index (χ1v) is 7.15. The second-order valence-electron chi connectivity index (χ2n) is 6.22. The number of likely N-dealkylation sites (tertiary alicyclic amines) is 1. The van der Waals surface area contributed by atoms with Gasteiger partial charge in [-0.1, -0.05) is 13.8 Å². The van der Waals surface area contributed by atoms with Gasteiger partial charge in [0.15, 0.2) is 0 Å². The number of carboxylic acid groups (broad SMARTS) is 1. The highest BCUT2D eigenvalue weighted by atomic mass is 16.5. The maximum absolute atomic E-state index is 10.7. The molecule has 1 aromatic carbocycles. The van der Waals surface area contributed by atoms with E-state index in [4.69, 9.17) is 9.84 Å². The van der Waals surface area contributed by atoms with Crippen LogP contribution in [0.2, 0.25) is 0 Å². The maximum atomic E-state index is 10.7. The smallest absolute Gasteiger partial charge is 0.335 e. The molecule has 20 heavy (non-hydrogen) atoms. The molecule has 0 radical (unpaired) electrons. The number of carbonyl (C=O) groups is 1. The zero-order chi connectivity index (χ0) is 14.6. The van der Waals surface area contributed by atoms with E-state index in [1.54, 1.807) is 24.3 Å². The van der Waals surface area contributed by atoms with Crippen LogP contribution in [0.4, 0.5) is 0 Å². The molecule has 0 aromatic heterocycles. The second kappa shape index (κ2) is 6.27. The zero-order valence-electron chi connectivity index (χ0n) is 12.3. The Hall–Kier alpha value is -1.55. The minimum Gasteiger partial charge on any atom is -0.492 e. The Morgan fingerprint density at radius 1 is 1.35 bits per heavy atom. The van der Waals surface area contributed by atoms with Crippen LogP contribution in [0.15, 0.2) is 24.3 Å². The monoisotopic (exact) mass is 277 g/mol. The molecule has 0 unspecified atom stereocenters. The van der Waals surface area contributed by atoms with Gasteiger partial charge in [0.1, 0.15) is 12.4 Å². The molecule has 0 spiro atoms. The number of piperidine rings is 1. The van der Waals surface area contributed by atoms with Crippen LogP contribution in [0.25, 0.3) is 0 Å². The first-order valence-electron chi connectivity index (χ1n) is 7.15. The van der Waals surface area contributed by atoms with Gasteiger partial charge >= 0.3 is 5.97 Å². The van der Waals surface area contributed by atoms with E-state index in [1.165, 1.54) is 12.8 Å². The largest absolute Gasteiger partial charge is 0.492 e. The first-order chi connectivity index (χ1) is 9.46. The molecule has 1 N–H and O–H groups in total. The Bertz CT molecular complexity index is 453. The average Bonchev–Trinajstić information content (AvgIpc) is 2.38. The molecule has 0 aliphatic carbocycles. The van der Waals surface area contributed by atoms with E-state index in [-0.39, 0.29) is 5.56 Å². The summed E-state index contributed by atoms with van der Waals surface area (Å²) in [5.74, 6) is -0.182. The second-order valence-corrected chi connectivity index (χ2v) is 6.22. The first kappa shape index (κ1) is 14.9. The number of carboxylic acids is 1. The van der Waals surface area contributed by atoms with Gasteiger partial charge in [0.2, 0.25) is 0 Å². The van der Waals surface area contributed by atoms with Crippen molar-refractivity contribution >= 4 is 5.97 Å². The Morgan fingerprint density at radius 3 is 2.65 bits per heavy atom. The number of ether oxygens (including phenoxy) is 1. The molecule has 1 aliphatic rings. The summed E-state index contributed by atoms with van der Waals surface area (Å²) >= 11 is 0. The lowest BCUT2D eigenvalue weighted by atomic mass is 9.84. The van der Waals surface area contributed by atoms with Gasteiger partial charge in [0, 0.05) is 13.1 Å². The van der Waals surface area contributed by atoms with Crippen LogP contribution in [0, 0.1) is 5.41 Å². The number of nitrogens with zero attached hydrogens (tertiary/aromatic N) is 1. The summed E-state index contributed by atoms with van der Waals surface area (Å²) in [5.41, 5.74) is 0.691. The molecule has 0 amide bonds. The topological polar surface area (TPSA) is 49.8 Å². The number of hydrogen-bond acceptors (Lipinski definition) is 3. The molecule has 1 heterocycles. The van der Waals surface area contributed by atoms with E-state index < -0.39 is 5.97 Å². The molecule has 0 saturated carbocycles. The van der Waals surface area contributed by atoms with Crippen LogP contribution >= 0.6 is 0 Å². The molecule has 4 nitrogen and oxygen atoms in total. The van der Waals surface area contributed by atoms with Crippen molar-refractivity contribution < 1.29 is 14.6 Å². The molecule has 0 bridgehead atoms. The Balaban J connectivity index is 1.76. The van der Waals surface area contributed by atoms with Crippen molar-refractivity contribution in [2.24, 2.45) is 5.41 Å². The predicted octanol–water partition coefficient (Wildman–Crippen LogP) is 2.89. The highest BCUT2D eigenvalue weighted by Gasteiger charge is 2.25. The van der Waals surface area contributed by atoms with Crippen molar-refractivity contribution in [3.05, 3.63) is 29.8 Å². The van der Waals surface area contributed by atoms with Gasteiger partial charge in [-0.3, -0.25) is 4.90 Å². The van der Waals surface area contributed by atoms with E-state index in [1.807, 2.05) is 0 Å². The van der Waals surface area contributed by atoms with Gasteiger partial charge < -0.3 is 9.84 Å². The predicted molar refractivity (Wildman–Crippen MR) is 78.4 cm³/mol. The van der Waals surface area contributed by atoms with Crippen molar-refractivity contribution in [3.63, 3.8) is 0 Å². The fourth-order valence-corrected chi connectivity index (χ4v) is 2.72. The molecular formula is C16H23NO3.